The number of carbonyl (C=O) groups is 3. The van der Waals surface area contributed by atoms with E-state index in [4.69, 9.17) is 0 Å². The Hall–Kier alpha value is -2.37. The molecule has 1 heterocycles. The van der Waals surface area contributed by atoms with Crippen LogP contribution in [0, 0.1) is 0 Å². The SMILES string of the molecule is COC(=O)c1ccc(C(=O)NC2CNC(=O)C2)cc1. The first-order valence-electron chi connectivity index (χ1n) is 5.86. The second-order valence-electron chi connectivity index (χ2n) is 4.25. The molecule has 0 saturated carbocycles. The lowest BCUT2D eigenvalue weighted by molar-refractivity contribution is -0.119. The number of hydrogen-bond donors (Lipinski definition) is 2. The van der Waals surface area contributed by atoms with Gasteiger partial charge in [0.2, 0.25) is 5.91 Å². The van der Waals surface area contributed by atoms with E-state index in [0.29, 0.717) is 24.1 Å². The zero-order chi connectivity index (χ0) is 13.8. The predicted molar refractivity (Wildman–Crippen MR) is 66.7 cm³/mol. The van der Waals surface area contributed by atoms with E-state index < -0.39 is 5.97 Å². The van der Waals surface area contributed by atoms with Crippen molar-refractivity contribution >= 4 is 17.8 Å². The Morgan fingerprint density at radius 1 is 1.26 bits per heavy atom. The van der Waals surface area contributed by atoms with Crippen molar-refractivity contribution in [2.75, 3.05) is 13.7 Å². The van der Waals surface area contributed by atoms with Gasteiger partial charge < -0.3 is 15.4 Å². The van der Waals surface area contributed by atoms with E-state index in [2.05, 4.69) is 15.4 Å². The molecule has 1 saturated heterocycles. The van der Waals surface area contributed by atoms with Gasteiger partial charge in [-0.25, -0.2) is 4.79 Å². The van der Waals surface area contributed by atoms with Crippen LogP contribution in [0.15, 0.2) is 24.3 Å². The third-order valence-corrected chi connectivity index (χ3v) is 2.88. The molecular weight excluding hydrogens is 248 g/mol. The maximum absolute atomic E-state index is 11.9. The van der Waals surface area contributed by atoms with Gasteiger partial charge >= 0.3 is 5.97 Å². The average molecular weight is 262 g/mol. The van der Waals surface area contributed by atoms with E-state index in [-0.39, 0.29) is 17.9 Å². The molecule has 2 rings (SSSR count). The standard InChI is InChI=1S/C13H14N2O4/c1-19-13(18)9-4-2-8(3-5-9)12(17)15-10-6-11(16)14-7-10/h2-5,10H,6-7H2,1H3,(H,14,16)(H,15,17). The summed E-state index contributed by atoms with van der Waals surface area (Å²) < 4.78 is 4.57. The Balaban J connectivity index is 1.99. The minimum Gasteiger partial charge on any atom is -0.465 e. The van der Waals surface area contributed by atoms with E-state index >= 15 is 0 Å². The summed E-state index contributed by atoms with van der Waals surface area (Å²) in [6.45, 7) is 0.449. The van der Waals surface area contributed by atoms with Crippen LogP contribution in [0.1, 0.15) is 27.1 Å². The van der Waals surface area contributed by atoms with Crippen molar-refractivity contribution in [1.82, 2.24) is 10.6 Å². The van der Waals surface area contributed by atoms with E-state index in [1.807, 2.05) is 0 Å². The van der Waals surface area contributed by atoms with Crippen LogP contribution in [0.25, 0.3) is 0 Å². The summed E-state index contributed by atoms with van der Waals surface area (Å²) in [5.41, 5.74) is 0.823. The molecule has 6 nitrogen and oxygen atoms in total. The van der Waals surface area contributed by atoms with Crippen molar-refractivity contribution < 1.29 is 19.1 Å². The minimum absolute atomic E-state index is 0.0636. The van der Waals surface area contributed by atoms with Crippen molar-refractivity contribution in [3.8, 4) is 0 Å². The molecule has 1 atom stereocenters. The lowest BCUT2D eigenvalue weighted by Gasteiger charge is -2.10. The number of carbonyl (C=O) groups excluding carboxylic acids is 3. The molecule has 2 N–H and O–H groups in total. The van der Waals surface area contributed by atoms with Crippen LogP contribution in [0.3, 0.4) is 0 Å². The van der Waals surface area contributed by atoms with Gasteiger partial charge in [-0.2, -0.15) is 0 Å². The number of esters is 1. The van der Waals surface area contributed by atoms with Gasteiger partial charge in [0.05, 0.1) is 18.7 Å². The highest BCUT2D eigenvalue weighted by Gasteiger charge is 2.23. The molecule has 1 aliphatic heterocycles. The van der Waals surface area contributed by atoms with Crippen LogP contribution in [0.2, 0.25) is 0 Å². The number of methoxy groups -OCH3 is 1. The highest BCUT2D eigenvalue weighted by Crippen LogP contribution is 2.07. The Bertz CT molecular complexity index is 510. The molecule has 0 bridgehead atoms. The number of benzene rings is 1. The molecule has 0 aliphatic carbocycles. The number of rotatable bonds is 3. The summed E-state index contributed by atoms with van der Waals surface area (Å²) in [4.78, 5) is 34.1. The third-order valence-electron chi connectivity index (χ3n) is 2.88. The molecule has 100 valence electrons. The Kier molecular flexibility index (Phi) is 3.79. The Morgan fingerprint density at radius 3 is 2.42 bits per heavy atom. The zero-order valence-electron chi connectivity index (χ0n) is 10.4. The average Bonchev–Trinajstić information content (AvgIpc) is 2.83. The van der Waals surface area contributed by atoms with Gasteiger partial charge in [0.1, 0.15) is 0 Å². The van der Waals surface area contributed by atoms with Gasteiger partial charge in [-0.3, -0.25) is 9.59 Å². The van der Waals surface area contributed by atoms with E-state index in [9.17, 15) is 14.4 Å². The molecular formula is C13H14N2O4. The second kappa shape index (κ2) is 5.51. The topological polar surface area (TPSA) is 84.5 Å². The number of ether oxygens (including phenoxy) is 1. The molecule has 1 aliphatic rings. The van der Waals surface area contributed by atoms with Gasteiger partial charge in [-0.15, -0.1) is 0 Å². The lowest BCUT2D eigenvalue weighted by atomic mass is 10.1. The maximum Gasteiger partial charge on any atom is 0.337 e. The van der Waals surface area contributed by atoms with E-state index in [1.54, 1.807) is 12.1 Å². The van der Waals surface area contributed by atoms with Crippen LogP contribution >= 0.6 is 0 Å². The number of amides is 2. The maximum atomic E-state index is 11.9. The zero-order valence-corrected chi connectivity index (χ0v) is 10.4. The summed E-state index contributed by atoms with van der Waals surface area (Å²) in [6, 6.07) is 5.97. The molecule has 1 aromatic rings. The first-order valence-corrected chi connectivity index (χ1v) is 5.86. The van der Waals surface area contributed by atoms with Gasteiger partial charge in [0.15, 0.2) is 0 Å². The number of hydrogen-bond acceptors (Lipinski definition) is 4. The predicted octanol–water partition coefficient (Wildman–Crippen LogP) is 0.0915. The van der Waals surface area contributed by atoms with Crippen LogP contribution in [-0.2, 0) is 9.53 Å². The smallest absolute Gasteiger partial charge is 0.337 e. The largest absolute Gasteiger partial charge is 0.465 e. The van der Waals surface area contributed by atoms with Gasteiger partial charge in [0, 0.05) is 18.5 Å². The molecule has 0 radical (unpaired) electrons. The van der Waals surface area contributed by atoms with Crippen molar-refractivity contribution in [2.24, 2.45) is 0 Å². The molecule has 6 heteroatoms. The van der Waals surface area contributed by atoms with Gasteiger partial charge in [-0.1, -0.05) is 0 Å². The quantitative estimate of drug-likeness (QED) is 0.756. The molecule has 19 heavy (non-hydrogen) atoms. The Morgan fingerprint density at radius 2 is 1.89 bits per heavy atom. The first-order chi connectivity index (χ1) is 9.10. The van der Waals surface area contributed by atoms with Crippen LogP contribution in [-0.4, -0.2) is 37.5 Å². The molecule has 1 fully saturated rings. The Labute approximate surface area is 110 Å². The lowest BCUT2D eigenvalue weighted by Crippen LogP contribution is -2.36. The molecule has 2 amide bonds. The van der Waals surface area contributed by atoms with Crippen LogP contribution in [0.5, 0.6) is 0 Å². The fourth-order valence-electron chi connectivity index (χ4n) is 1.85. The van der Waals surface area contributed by atoms with Gasteiger partial charge in [0.25, 0.3) is 5.91 Å². The summed E-state index contributed by atoms with van der Waals surface area (Å²) in [6.07, 6.45) is 0.298. The summed E-state index contributed by atoms with van der Waals surface area (Å²) >= 11 is 0. The number of nitrogens with one attached hydrogen (secondary N) is 2. The molecule has 0 spiro atoms. The molecule has 1 aromatic carbocycles. The molecule has 0 aromatic heterocycles. The van der Waals surface area contributed by atoms with Crippen LogP contribution in [0.4, 0.5) is 0 Å². The molecule has 1 unspecified atom stereocenters. The third kappa shape index (κ3) is 3.09. The highest BCUT2D eigenvalue weighted by molar-refractivity contribution is 5.96. The fourth-order valence-corrected chi connectivity index (χ4v) is 1.85. The van der Waals surface area contributed by atoms with Crippen LogP contribution < -0.4 is 10.6 Å². The van der Waals surface area contributed by atoms with Crippen molar-refractivity contribution in [1.29, 1.82) is 0 Å². The normalized spacial score (nSPS) is 17.7. The highest BCUT2D eigenvalue weighted by atomic mass is 16.5. The fraction of sp³-hybridized carbons (Fsp3) is 0.308. The van der Waals surface area contributed by atoms with Crippen molar-refractivity contribution in [3.05, 3.63) is 35.4 Å². The van der Waals surface area contributed by atoms with Crippen molar-refractivity contribution in [3.63, 3.8) is 0 Å². The van der Waals surface area contributed by atoms with E-state index in [1.165, 1.54) is 19.2 Å². The van der Waals surface area contributed by atoms with Crippen molar-refractivity contribution in [2.45, 2.75) is 12.5 Å². The second-order valence-corrected chi connectivity index (χ2v) is 4.25. The minimum atomic E-state index is -0.447. The summed E-state index contributed by atoms with van der Waals surface area (Å²) in [7, 11) is 1.30. The summed E-state index contributed by atoms with van der Waals surface area (Å²) in [5.74, 6) is -0.776. The first kappa shape index (κ1) is 13.1. The van der Waals surface area contributed by atoms with Gasteiger partial charge in [-0.05, 0) is 24.3 Å². The summed E-state index contributed by atoms with van der Waals surface area (Å²) in [5, 5.41) is 5.39. The monoisotopic (exact) mass is 262 g/mol. The van der Waals surface area contributed by atoms with E-state index in [0.717, 1.165) is 0 Å².